The summed E-state index contributed by atoms with van der Waals surface area (Å²) >= 11 is 0. The predicted molar refractivity (Wildman–Crippen MR) is 128 cm³/mol. The topological polar surface area (TPSA) is 78.8 Å². The number of benzene rings is 2. The molecular formula is C26H30N2O5. The summed E-state index contributed by atoms with van der Waals surface area (Å²) in [5.74, 6) is 1.21. The molecule has 0 radical (unpaired) electrons. The SMILES string of the molecule is CCC(CC)n1cc(OC(=O)NC2CCc3ccccc32)c2cc(OC)c(OC)cc2c1=O. The lowest BCUT2D eigenvalue weighted by Gasteiger charge is -2.20. The van der Waals surface area contributed by atoms with Crippen LogP contribution >= 0.6 is 0 Å². The van der Waals surface area contributed by atoms with Crippen LogP contribution in [-0.2, 0) is 6.42 Å². The van der Waals surface area contributed by atoms with Crippen LogP contribution in [0.25, 0.3) is 10.8 Å². The van der Waals surface area contributed by atoms with Crippen molar-refractivity contribution in [2.24, 2.45) is 0 Å². The molecule has 0 saturated carbocycles. The molecule has 1 unspecified atom stereocenters. The molecule has 1 aliphatic rings. The van der Waals surface area contributed by atoms with Gasteiger partial charge in [0.05, 0.1) is 31.8 Å². The summed E-state index contributed by atoms with van der Waals surface area (Å²) in [6.45, 7) is 4.06. The molecule has 7 heteroatoms. The third-order valence-corrected chi connectivity index (χ3v) is 6.47. The van der Waals surface area contributed by atoms with E-state index in [1.165, 1.54) is 19.8 Å². The maximum atomic E-state index is 13.3. The number of carbonyl (C=O) groups is 1. The van der Waals surface area contributed by atoms with Crippen LogP contribution in [0, 0.1) is 0 Å². The lowest BCUT2D eigenvalue weighted by Crippen LogP contribution is -2.31. The maximum absolute atomic E-state index is 13.3. The van der Waals surface area contributed by atoms with Gasteiger partial charge in [-0.3, -0.25) is 4.79 Å². The third kappa shape index (κ3) is 4.27. The first kappa shape index (κ1) is 22.7. The Labute approximate surface area is 193 Å². The molecule has 4 rings (SSSR count). The molecule has 33 heavy (non-hydrogen) atoms. The Morgan fingerprint density at radius 2 is 1.73 bits per heavy atom. The summed E-state index contributed by atoms with van der Waals surface area (Å²) in [5.41, 5.74) is 2.21. The number of amides is 1. The fourth-order valence-electron chi connectivity index (χ4n) is 4.67. The average Bonchev–Trinajstić information content (AvgIpc) is 3.24. The van der Waals surface area contributed by atoms with E-state index in [0.717, 1.165) is 31.2 Å². The van der Waals surface area contributed by atoms with Crippen LogP contribution in [0.1, 0.15) is 56.3 Å². The van der Waals surface area contributed by atoms with Crippen molar-refractivity contribution in [2.75, 3.05) is 14.2 Å². The molecule has 7 nitrogen and oxygen atoms in total. The van der Waals surface area contributed by atoms with Gasteiger partial charge in [-0.1, -0.05) is 38.1 Å². The van der Waals surface area contributed by atoms with Crippen molar-refractivity contribution in [3.63, 3.8) is 0 Å². The van der Waals surface area contributed by atoms with Crippen molar-refractivity contribution in [1.29, 1.82) is 0 Å². The maximum Gasteiger partial charge on any atom is 0.413 e. The van der Waals surface area contributed by atoms with E-state index >= 15 is 0 Å². The van der Waals surface area contributed by atoms with Crippen molar-refractivity contribution in [3.05, 3.63) is 64.1 Å². The van der Waals surface area contributed by atoms with Gasteiger partial charge < -0.3 is 24.1 Å². The first-order chi connectivity index (χ1) is 16.0. The quantitative estimate of drug-likeness (QED) is 0.538. The fraction of sp³-hybridized carbons (Fsp3) is 0.385. The molecule has 1 aromatic heterocycles. The smallest absolute Gasteiger partial charge is 0.413 e. The Hall–Kier alpha value is -3.48. The molecule has 0 spiro atoms. The number of carbonyl (C=O) groups excluding carboxylic acids is 1. The number of fused-ring (bicyclic) bond motifs is 2. The minimum absolute atomic E-state index is 0.0119. The zero-order valence-corrected chi connectivity index (χ0v) is 19.5. The van der Waals surface area contributed by atoms with E-state index < -0.39 is 6.09 Å². The van der Waals surface area contributed by atoms with Crippen molar-refractivity contribution in [2.45, 2.75) is 51.6 Å². The molecule has 174 valence electrons. The van der Waals surface area contributed by atoms with Gasteiger partial charge in [0.2, 0.25) is 0 Å². The first-order valence-electron chi connectivity index (χ1n) is 11.4. The highest BCUT2D eigenvalue weighted by atomic mass is 16.6. The normalized spacial score (nSPS) is 14.9. The van der Waals surface area contributed by atoms with Crippen LogP contribution in [0.3, 0.4) is 0 Å². The summed E-state index contributed by atoms with van der Waals surface area (Å²) in [5, 5.41) is 3.90. The van der Waals surface area contributed by atoms with E-state index in [1.807, 2.05) is 32.0 Å². The van der Waals surface area contributed by atoms with Gasteiger partial charge in [-0.15, -0.1) is 0 Å². The van der Waals surface area contributed by atoms with E-state index in [2.05, 4.69) is 11.4 Å². The molecule has 2 aromatic carbocycles. The standard InChI is InChI=1S/C26H30N2O5/c1-5-17(6-2)28-15-24(19-13-22(31-3)23(32-4)14-20(19)25(28)29)33-26(30)27-21-12-11-16-9-7-8-10-18(16)21/h7-10,13-15,17,21H,5-6,11-12H2,1-4H3,(H,27,30). The number of aryl methyl sites for hydroxylation is 1. The molecule has 1 atom stereocenters. The van der Waals surface area contributed by atoms with E-state index in [4.69, 9.17) is 14.2 Å². The van der Waals surface area contributed by atoms with Crippen molar-refractivity contribution in [1.82, 2.24) is 9.88 Å². The number of hydrogen-bond donors (Lipinski definition) is 1. The minimum Gasteiger partial charge on any atom is -0.493 e. The van der Waals surface area contributed by atoms with Crippen molar-refractivity contribution in [3.8, 4) is 17.2 Å². The number of methoxy groups -OCH3 is 2. The van der Waals surface area contributed by atoms with Gasteiger partial charge >= 0.3 is 6.09 Å². The average molecular weight is 451 g/mol. The summed E-state index contributed by atoms with van der Waals surface area (Å²) < 4.78 is 18.3. The molecular weight excluding hydrogens is 420 g/mol. The second kappa shape index (κ2) is 9.57. The van der Waals surface area contributed by atoms with Gasteiger partial charge in [0.25, 0.3) is 5.56 Å². The molecule has 0 bridgehead atoms. The van der Waals surface area contributed by atoms with E-state index in [-0.39, 0.29) is 17.6 Å². The fourth-order valence-corrected chi connectivity index (χ4v) is 4.67. The molecule has 0 aliphatic heterocycles. The van der Waals surface area contributed by atoms with Crippen molar-refractivity contribution < 1.29 is 19.0 Å². The highest BCUT2D eigenvalue weighted by molar-refractivity contribution is 5.92. The summed E-state index contributed by atoms with van der Waals surface area (Å²) in [6, 6.07) is 11.3. The first-order valence-corrected chi connectivity index (χ1v) is 11.4. The van der Waals surface area contributed by atoms with Gasteiger partial charge in [-0.05, 0) is 48.9 Å². The number of ether oxygens (including phenoxy) is 3. The number of hydrogen-bond acceptors (Lipinski definition) is 5. The Kier molecular flexibility index (Phi) is 6.58. The van der Waals surface area contributed by atoms with Crippen LogP contribution in [-0.4, -0.2) is 24.9 Å². The van der Waals surface area contributed by atoms with Crippen LogP contribution < -0.4 is 25.1 Å². The van der Waals surface area contributed by atoms with Gasteiger partial charge in [-0.2, -0.15) is 0 Å². The lowest BCUT2D eigenvalue weighted by atomic mass is 10.1. The molecule has 0 fully saturated rings. The Bertz CT molecular complexity index is 1230. The molecule has 1 aliphatic carbocycles. The van der Waals surface area contributed by atoms with Gasteiger partial charge in [0.1, 0.15) is 0 Å². The van der Waals surface area contributed by atoms with E-state index in [1.54, 1.807) is 22.9 Å². The minimum atomic E-state index is -0.553. The monoisotopic (exact) mass is 450 g/mol. The van der Waals surface area contributed by atoms with Gasteiger partial charge in [-0.25, -0.2) is 4.79 Å². The Morgan fingerprint density at radius 3 is 2.39 bits per heavy atom. The number of pyridine rings is 1. The second-order valence-electron chi connectivity index (χ2n) is 8.25. The zero-order chi connectivity index (χ0) is 23.5. The summed E-state index contributed by atoms with van der Waals surface area (Å²) in [7, 11) is 3.05. The van der Waals surface area contributed by atoms with Crippen LogP contribution in [0.4, 0.5) is 4.79 Å². The lowest BCUT2D eigenvalue weighted by molar-refractivity contribution is 0.196. The number of aromatic nitrogens is 1. The van der Waals surface area contributed by atoms with Gasteiger partial charge in [0.15, 0.2) is 17.2 Å². The Morgan fingerprint density at radius 1 is 1.06 bits per heavy atom. The molecule has 1 heterocycles. The summed E-state index contributed by atoms with van der Waals surface area (Å²) in [4.78, 5) is 26.2. The van der Waals surface area contributed by atoms with E-state index in [9.17, 15) is 9.59 Å². The largest absolute Gasteiger partial charge is 0.493 e. The highest BCUT2D eigenvalue weighted by Gasteiger charge is 2.25. The number of rotatable bonds is 7. The highest BCUT2D eigenvalue weighted by Crippen LogP contribution is 2.36. The molecule has 3 aromatic rings. The molecule has 1 N–H and O–H groups in total. The molecule has 0 saturated heterocycles. The van der Waals surface area contributed by atoms with Gasteiger partial charge in [0, 0.05) is 11.4 Å². The Balaban J connectivity index is 1.74. The summed E-state index contributed by atoms with van der Waals surface area (Å²) in [6.07, 6.45) is 4.38. The number of nitrogens with one attached hydrogen (secondary N) is 1. The molecule has 1 amide bonds. The second-order valence-corrected chi connectivity index (χ2v) is 8.25. The predicted octanol–water partition coefficient (Wildman–Crippen LogP) is 5.16. The van der Waals surface area contributed by atoms with Crippen LogP contribution in [0.5, 0.6) is 17.2 Å². The van der Waals surface area contributed by atoms with Crippen molar-refractivity contribution >= 4 is 16.9 Å². The number of nitrogens with zero attached hydrogens (tertiary/aromatic N) is 1. The van der Waals surface area contributed by atoms with Crippen LogP contribution in [0.15, 0.2) is 47.4 Å². The zero-order valence-electron chi connectivity index (χ0n) is 19.5. The van der Waals surface area contributed by atoms with E-state index in [0.29, 0.717) is 28.0 Å². The third-order valence-electron chi connectivity index (χ3n) is 6.47. The van der Waals surface area contributed by atoms with Crippen LogP contribution in [0.2, 0.25) is 0 Å².